The van der Waals surface area contributed by atoms with Crippen molar-refractivity contribution in [2.75, 3.05) is 40.4 Å². The fraction of sp³-hybridized carbons (Fsp3) is 0.640. The summed E-state index contributed by atoms with van der Waals surface area (Å²) in [6.45, 7) is 6.62. The van der Waals surface area contributed by atoms with E-state index in [1.807, 2.05) is 18.7 Å². The normalized spacial score (nSPS) is 18.1. The van der Waals surface area contributed by atoms with Crippen LogP contribution in [0.3, 0.4) is 0 Å². The van der Waals surface area contributed by atoms with E-state index in [-0.39, 0.29) is 29.6 Å². The van der Waals surface area contributed by atoms with Crippen LogP contribution in [0.15, 0.2) is 18.2 Å². The monoisotopic (exact) mass is 459 g/mol. The van der Waals surface area contributed by atoms with Gasteiger partial charge in [-0.2, -0.15) is 0 Å². The second-order valence-electron chi connectivity index (χ2n) is 9.28. The quantitative estimate of drug-likeness (QED) is 0.677. The number of piperidine rings is 2. The molecule has 1 N–H and O–H groups in total. The number of likely N-dealkylation sites (tertiary alicyclic amines) is 2. The van der Waals surface area contributed by atoms with Crippen LogP contribution in [0.25, 0.3) is 0 Å². The van der Waals surface area contributed by atoms with Crippen LogP contribution in [0.5, 0.6) is 11.5 Å². The van der Waals surface area contributed by atoms with E-state index in [9.17, 15) is 14.4 Å². The highest BCUT2D eigenvalue weighted by atomic mass is 16.5. The van der Waals surface area contributed by atoms with Gasteiger partial charge in [-0.1, -0.05) is 13.8 Å². The van der Waals surface area contributed by atoms with Gasteiger partial charge in [0.15, 0.2) is 0 Å². The zero-order chi connectivity index (χ0) is 24.0. The van der Waals surface area contributed by atoms with E-state index in [1.54, 1.807) is 23.1 Å². The Morgan fingerprint density at radius 2 is 1.45 bits per heavy atom. The summed E-state index contributed by atoms with van der Waals surface area (Å²) in [6, 6.07) is 4.29. The van der Waals surface area contributed by atoms with Gasteiger partial charge in [-0.25, -0.2) is 0 Å². The molecule has 0 bridgehead atoms. The Hall–Kier alpha value is -2.77. The van der Waals surface area contributed by atoms with Gasteiger partial charge in [-0.3, -0.25) is 14.4 Å². The van der Waals surface area contributed by atoms with Crippen molar-refractivity contribution in [1.82, 2.24) is 15.1 Å². The largest absolute Gasteiger partial charge is 0.497 e. The number of carbonyl (C=O) groups excluding carboxylic acids is 3. The number of benzene rings is 1. The van der Waals surface area contributed by atoms with Crippen molar-refractivity contribution in [3.63, 3.8) is 0 Å². The highest BCUT2D eigenvalue weighted by molar-refractivity contribution is 5.98. The van der Waals surface area contributed by atoms with Gasteiger partial charge in [-0.15, -0.1) is 0 Å². The molecule has 1 aromatic rings. The van der Waals surface area contributed by atoms with Gasteiger partial charge in [-0.05, 0) is 50.2 Å². The Balaban J connectivity index is 1.61. The van der Waals surface area contributed by atoms with Crippen LogP contribution in [-0.2, 0) is 9.59 Å². The Kier molecular flexibility index (Phi) is 8.58. The molecule has 8 nitrogen and oxygen atoms in total. The van der Waals surface area contributed by atoms with Crippen LogP contribution < -0.4 is 14.8 Å². The smallest absolute Gasteiger partial charge is 0.252 e. The maximum absolute atomic E-state index is 13.3. The third-order valence-electron chi connectivity index (χ3n) is 6.66. The number of nitrogens with zero attached hydrogens (tertiary/aromatic N) is 2. The third-order valence-corrected chi connectivity index (χ3v) is 6.66. The molecule has 0 radical (unpaired) electrons. The number of hydrogen-bond acceptors (Lipinski definition) is 5. The molecule has 1 atom stereocenters. The van der Waals surface area contributed by atoms with Crippen molar-refractivity contribution in [3.8, 4) is 11.5 Å². The molecule has 2 saturated heterocycles. The number of ether oxygens (including phenoxy) is 2. The Bertz CT molecular complexity index is 820. The van der Waals surface area contributed by atoms with Crippen molar-refractivity contribution in [2.24, 2.45) is 11.8 Å². The molecule has 0 unspecified atom stereocenters. The first kappa shape index (κ1) is 24.9. The first-order chi connectivity index (χ1) is 15.8. The molecular formula is C25H37N3O5. The number of rotatable bonds is 7. The van der Waals surface area contributed by atoms with E-state index >= 15 is 0 Å². The lowest BCUT2D eigenvalue weighted by atomic mass is 9.93. The van der Waals surface area contributed by atoms with Crippen LogP contribution in [0.2, 0.25) is 0 Å². The zero-order valence-electron chi connectivity index (χ0n) is 20.3. The van der Waals surface area contributed by atoms with E-state index in [4.69, 9.17) is 9.47 Å². The van der Waals surface area contributed by atoms with Crippen LogP contribution in [-0.4, -0.2) is 74.0 Å². The Morgan fingerprint density at radius 1 is 0.879 bits per heavy atom. The van der Waals surface area contributed by atoms with Crippen molar-refractivity contribution in [3.05, 3.63) is 23.8 Å². The molecule has 8 heteroatoms. The molecule has 0 aliphatic carbocycles. The lowest BCUT2D eigenvalue weighted by molar-refractivity contribution is -0.142. The van der Waals surface area contributed by atoms with E-state index in [2.05, 4.69) is 5.32 Å². The van der Waals surface area contributed by atoms with Gasteiger partial charge in [0.2, 0.25) is 11.8 Å². The summed E-state index contributed by atoms with van der Waals surface area (Å²) >= 11 is 0. The highest BCUT2D eigenvalue weighted by Gasteiger charge is 2.34. The molecule has 182 valence electrons. The Morgan fingerprint density at radius 3 is 1.97 bits per heavy atom. The average molecular weight is 460 g/mol. The van der Waals surface area contributed by atoms with E-state index in [1.165, 1.54) is 20.6 Å². The molecule has 0 saturated carbocycles. The van der Waals surface area contributed by atoms with Crippen molar-refractivity contribution in [1.29, 1.82) is 0 Å². The molecule has 2 aliphatic rings. The third kappa shape index (κ3) is 6.18. The summed E-state index contributed by atoms with van der Waals surface area (Å²) in [4.78, 5) is 42.9. The van der Waals surface area contributed by atoms with Gasteiger partial charge in [0.25, 0.3) is 5.91 Å². The van der Waals surface area contributed by atoms with Crippen LogP contribution in [0.4, 0.5) is 0 Å². The molecule has 3 amide bonds. The predicted octanol–water partition coefficient (Wildman–Crippen LogP) is 2.71. The molecular weight excluding hydrogens is 422 g/mol. The second-order valence-corrected chi connectivity index (χ2v) is 9.28. The highest BCUT2D eigenvalue weighted by Crippen LogP contribution is 2.25. The number of hydrogen-bond donors (Lipinski definition) is 1. The molecule has 0 aromatic heterocycles. The van der Waals surface area contributed by atoms with Crippen molar-refractivity contribution in [2.45, 2.75) is 52.0 Å². The lowest BCUT2D eigenvalue weighted by Crippen LogP contribution is -2.54. The van der Waals surface area contributed by atoms with Gasteiger partial charge >= 0.3 is 0 Å². The fourth-order valence-electron chi connectivity index (χ4n) is 4.59. The summed E-state index contributed by atoms with van der Waals surface area (Å²) in [5.41, 5.74) is 0.371. The van der Waals surface area contributed by atoms with Gasteiger partial charge < -0.3 is 24.6 Å². The number of nitrogens with one attached hydrogen (secondary N) is 1. The molecule has 3 rings (SSSR count). The van der Waals surface area contributed by atoms with Gasteiger partial charge in [0.05, 0.1) is 14.2 Å². The lowest BCUT2D eigenvalue weighted by Gasteiger charge is -2.37. The SMILES string of the molecule is COc1cc(OC)cc(C(=O)N[C@H](C(=O)N2CCC(C(=O)N3CCCCC3)CC2)C(C)C)c1. The molecule has 2 heterocycles. The summed E-state index contributed by atoms with van der Waals surface area (Å²) in [5.74, 6) is 0.707. The second kappa shape index (κ2) is 11.4. The van der Waals surface area contributed by atoms with Gasteiger partial charge in [0, 0.05) is 43.7 Å². The zero-order valence-corrected chi connectivity index (χ0v) is 20.3. The van der Waals surface area contributed by atoms with Crippen molar-refractivity contribution < 1.29 is 23.9 Å². The minimum Gasteiger partial charge on any atom is -0.497 e. The number of amides is 3. The van der Waals surface area contributed by atoms with Crippen LogP contribution in [0, 0.1) is 11.8 Å². The first-order valence-electron chi connectivity index (χ1n) is 12.0. The predicted molar refractivity (Wildman–Crippen MR) is 125 cm³/mol. The molecule has 2 aliphatic heterocycles. The van der Waals surface area contributed by atoms with Crippen LogP contribution in [0.1, 0.15) is 56.3 Å². The Labute approximate surface area is 196 Å². The van der Waals surface area contributed by atoms with E-state index < -0.39 is 6.04 Å². The fourth-order valence-corrected chi connectivity index (χ4v) is 4.59. The summed E-state index contributed by atoms with van der Waals surface area (Å²) in [5, 5.41) is 2.90. The van der Waals surface area contributed by atoms with E-state index in [0.717, 1.165) is 25.9 Å². The summed E-state index contributed by atoms with van der Waals surface area (Å²) in [6.07, 6.45) is 4.71. The molecule has 33 heavy (non-hydrogen) atoms. The number of methoxy groups -OCH3 is 2. The summed E-state index contributed by atoms with van der Waals surface area (Å²) in [7, 11) is 3.05. The van der Waals surface area contributed by atoms with Gasteiger partial charge in [0.1, 0.15) is 17.5 Å². The molecule has 0 spiro atoms. The molecule has 1 aromatic carbocycles. The topological polar surface area (TPSA) is 88.2 Å². The summed E-state index contributed by atoms with van der Waals surface area (Å²) < 4.78 is 10.5. The first-order valence-corrected chi connectivity index (χ1v) is 12.0. The standard InChI is InChI=1S/C25H37N3O5/c1-17(2)22(26-23(29)19-14-20(32-3)16-21(15-19)33-4)25(31)28-12-8-18(9-13-28)24(30)27-10-6-5-7-11-27/h14-18,22H,5-13H2,1-4H3,(H,26,29)/t22-/m0/s1. The minimum atomic E-state index is -0.649. The van der Waals surface area contributed by atoms with E-state index in [0.29, 0.717) is 43.0 Å². The maximum atomic E-state index is 13.3. The maximum Gasteiger partial charge on any atom is 0.252 e. The number of carbonyl (C=O) groups is 3. The average Bonchev–Trinajstić information content (AvgIpc) is 2.86. The van der Waals surface area contributed by atoms with Crippen molar-refractivity contribution >= 4 is 17.7 Å². The van der Waals surface area contributed by atoms with Crippen LogP contribution >= 0.6 is 0 Å². The molecule has 2 fully saturated rings. The minimum absolute atomic E-state index is 0.0107.